The van der Waals surface area contributed by atoms with Crippen LogP contribution in [0.15, 0.2) is 91.1 Å². The van der Waals surface area contributed by atoms with E-state index in [0.717, 1.165) is 11.6 Å². The Bertz CT molecular complexity index is 2220. The van der Waals surface area contributed by atoms with Crippen LogP contribution < -0.4 is 14.2 Å². The lowest BCUT2D eigenvalue weighted by atomic mass is 9.91. The van der Waals surface area contributed by atoms with E-state index in [4.69, 9.17) is 19.3 Å². The molecule has 1 aromatic heterocycles. The third-order valence-electron chi connectivity index (χ3n) is 9.80. The number of non-ortho nitro benzene ring substituents is 1. The Morgan fingerprint density at radius 3 is 2.19 bits per heavy atom. The molecule has 0 spiro atoms. The number of nitrogens with zero attached hydrogens (tertiary/aromatic N) is 3. The SMILES string of the molecule is CCc1c(C(=O)O)ccc(OC2CCN(CC(O)(c3cn(Cc4ccccc4)c4cc([N+](=O)[O-])ccc34)C(F)(F)F)CC2)c1OC.COc1cccc(C(=O)O)c1. The van der Waals surface area contributed by atoms with Gasteiger partial charge in [0.2, 0.25) is 5.60 Å². The maximum atomic E-state index is 14.9. The maximum Gasteiger partial charge on any atom is 0.422 e. The molecular formula is C41H42F3N3O10. The first kappa shape index (κ1) is 42.0. The Balaban J connectivity index is 0.000000486. The zero-order chi connectivity index (χ0) is 41.5. The van der Waals surface area contributed by atoms with Crippen LogP contribution >= 0.6 is 0 Å². The summed E-state index contributed by atoms with van der Waals surface area (Å²) in [5, 5.41) is 41.2. The molecule has 1 saturated heterocycles. The second-order valence-corrected chi connectivity index (χ2v) is 13.4. The number of ether oxygens (including phenoxy) is 3. The van der Waals surface area contributed by atoms with Crippen LogP contribution in [-0.2, 0) is 18.6 Å². The molecule has 0 saturated carbocycles. The molecule has 0 radical (unpaired) electrons. The lowest BCUT2D eigenvalue weighted by Crippen LogP contribution is -2.53. The molecule has 0 amide bonds. The van der Waals surface area contributed by atoms with Gasteiger partial charge >= 0.3 is 18.1 Å². The second kappa shape index (κ2) is 17.8. The first-order valence-corrected chi connectivity index (χ1v) is 17.9. The van der Waals surface area contributed by atoms with Crippen molar-refractivity contribution in [1.29, 1.82) is 0 Å². The highest BCUT2D eigenvalue weighted by molar-refractivity contribution is 5.91. The maximum absolute atomic E-state index is 14.9. The average Bonchev–Trinajstić information content (AvgIpc) is 3.56. The van der Waals surface area contributed by atoms with Crippen molar-refractivity contribution in [3.63, 3.8) is 0 Å². The second-order valence-electron chi connectivity index (χ2n) is 13.4. The Hall–Kier alpha value is -6.13. The third kappa shape index (κ3) is 9.47. The summed E-state index contributed by atoms with van der Waals surface area (Å²) in [4.78, 5) is 34.5. The highest BCUT2D eigenvalue weighted by Crippen LogP contribution is 2.44. The van der Waals surface area contributed by atoms with E-state index in [-0.39, 0.29) is 59.0 Å². The molecule has 13 nitrogen and oxygen atoms in total. The van der Waals surface area contributed by atoms with Gasteiger partial charge in [-0.15, -0.1) is 0 Å². The number of aliphatic hydroxyl groups is 1. The molecule has 1 unspecified atom stereocenters. The van der Waals surface area contributed by atoms with E-state index in [1.54, 1.807) is 49.4 Å². The molecule has 16 heteroatoms. The third-order valence-corrected chi connectivity index (χ3v) is 9.80. The summed E-state index contributed by atoms with van der Waals surface area (Å²) in [6, 6.07) is 21.9. The molecule has 5 aromatic rings. The summed E-state index contributed by atoms with van der Waals surface area (Å²) in [6.07, 6.45) is -3.11. The van der Waals surface area contributed by atoms with Crippen LogP contribution in [0.2, 0.25) is 0 Å². The Morgan fingerprint density at radius 2 is 1.61 bits per heavy atom. The molecule has 1 atom stereocenters. The number of aromatic nitrogens is 1. The van der Waals surface area contributed by atoms with Gasteiger partial charge in [-0.3, -0.25) is 15.0 Å². The summed E-state index contributed by atoms with van der Waals surface area (Å²) in [7, 11) is 2.92. The van der Waals surface area contributed by atoms with E-state index in [1.165, 1.54) is 66.3 Å². The fourth-order valence-electron chi connectivity index (χ4n) is 6.88. The van der Waals surface area contributed by atoms with Gasteiger partial charge in [-0.05, 0) is 61.2 Å². The molecule has 0 bridgehead atoms. The van der Waals surface area contributed by atoms with Gasteiger partial charge in [-0.25, -0.2) is 9.59 Å². The van der Waals surface area contributed by atoms with E-state index in [0.29, 0.717) is 42.1 Å². The van der Waals surface area contributed by atoms with Crippen LogP contribution in [0, 0.1) is 10.1 Å². The van der Waals surface area contributed by atoms with Gasteiger partial charge in [0.25, 0.3) is 5.69 Å². The topological polar surface area (TPSA) is 174 Å². The highest BCUT2D eigenvalue weighted by Gasteiger charge is 2.57. The monoisotopic (exact) mass is 793 g/mol. The standard InChI is InChI=1S/C33H34F3N3O7.C8H8O3/c1-3-24-25(31(40)41)11-12-29(30(24)45-2)46-23-13-15-37(16-14-23)20-32(42,33(34,35)36)27-19-38(18-21-7-5-4-6-8-21)28-17-22(39(43)44)9-10-26(27)28;1-11-7-4-2-3-6(5-7)8(9)10/h4-12,17,19,23,42H,3,13-16,18,20H2,1-2H3,(H,40,41);2-5H,1H3,(H,9,10). The molecule has 2 heterocycles. The minimum Gasteiger partial charge on any atom is -0.497 e. The summed E-state index contributed by atoms with van der Waals surface area (Å²) in [5.74, 6) is -0.805. The van der Waals surface area contributed by atoms with Crippen LogP contribution in [0.4, 0.5) is 18.9 Å². The first-order valence-electron chi connectivity index (χ1n) is 17.9. The van der Waals surface area contributed by atoms with Gasteiger partial charge in [0, 0.05) is 61.0 Å². The number of methoxy groups -OCH3 is 2. The number of aromatic carboxylic acids is 2. The van der Waals surface area contributed by atoms with Gasteiger partial charge < -0.3 is 34.1 Å². The van der Waals surface area contributed by atoms with Gasteiger partial charge in [0.15, 0.2) is 11.5 Å². The number of hydrogen-bond acceptors (Lipinski definition) is 9. The van der Waals surface area contributed by atoms with E-state index >= 15 is 0 Å². The first-order chi connectivity index (χ1) is 27.1. The van der Waals surface area contributed by atoms with Crippen LogP contribution in [0.3, 0.4) is 0 Å². The van der Waals surface area contributed by atoms with E-state index in [9.17, 15) is 43.1 Å². The molecule has 1 aliphatic rings. The molecule has 4 aromatic carbocycles. The summed E-state index contributed by atoms with van der Waals surface area (Å²) in [6.45, 7) is 1.57. The molecule has 302 valence electrons. The number of nitro benzene ring substituents is 1. The molecule has 6 rings (SSSR count). The molecular weight excluding hydrogens is 751 g/mol. The van der Waals surface area contributed by atoms with Crippen molar-refractivity contribution in [2.75, 3.05) is 33.9 Å². The van der Waals surface area contributed by atoms with E-state index in [1.807, 2.05) is 0 Å². The van der Waals surface area contributed by atoms with Crippen LogP contribution in [-0.4, -0.2) is 87.8 Å². The number of alkyl halides is 3. The van der Waals surface area contributed by atoms with Gasteiger partial charge in [-0.1, -0.05) is 43.3 Å². The van der Waals surface area contributed by atoms with Crippen molar-refractivity contribution in [2.24, 2.45) is 0 Å². The minimum absolute atomic E-state index is 0.0724. The minimum atomic E-state index is -5.07. The van der Waals surface area contributed by atoms with E-state index < -0.39 is 35.2 Å². The number of halogens is 3. The number of fused-ring (bicyclic) bond motifs is 1. The predicted octanol–water partition coefficient (Wildman–Crippen LogP) is 7.55. The van der Waals surface area contributed by atoms with Crippen molar-refractivity contribution in [3.8, 4) is 17.2 Å². The van der Waals surface area contributed by atoms with Gasteiger partial charge in [0.1, 0.15) is 11.9 Å². The van der Waals surface area contributed by atoms with Gasteiger partial charge in [-0.2, -0.15) is 13.2 Å². The van der Waals surface area contributed by atoms with Gasteiger partial charge in [0.05, 0.1) is 35.8 Å². The number of β-amino-alcohol motifs (C(OH)–C–C–N with tert-alkyl or cyclic N) is 1. The van der Waals surface area contributed by atoms with Crippen molar-refractivity contribution in [2.45, 2.75) is 50.6 Å². The molecule has 0 aliphatic carbocycles. The molecule has 1 fully saturated rings. The Kier molecular flexibility index (Phi) is 13.1. The number of benzene rings is 4. The number of carbonyl (C=O) groups is 2. The smallest absolute Gasteiger partial charge is 0.422 e. The number of rotatable bonds is 13. The number of hydrogen-bond donors (Lipinski definition) is 3. The number of carboxylic acid groups (broad SMARTS) is 2. The number of likely N-dealkylation sites (tertiary alicyclic amines) is 1. The quantitative estimate of drug-likeness (QED) is 0.0793. The summed E-state index contributed by atoms with van der Waals surface area (Å²) >= 11 is 0. The average molecular weight is 794 g/mol. The number of carboxylic acids is 2. The van der Waals surface area contributed by atoms with Crippen molar-refractivity contribution < 1.29 is 57.2 Å². The van der Waals surface area contributed by atoms with Crippen LogP contribution in [0.5, 0.6) is 17.2 Å². The molecule has 57 heavy (non-hydrogen) atoms. The van der Waals surface area contributed by atoms with Crippen molar-refractivity contribution >= 4 is 28.5 Å². The molecule has 3 N–H and O–H groups in total. The highest BCUT2D eigenvalue weighted by atomic mass is 19.4. The van der Waals surface area contributed by atoms with E-state index in [2.05, 4.69) is 0 Å². The van der Waals surface area contributed by atoms with Crippen LogP contribution in [0.1, 0.15) is 57.2 Å². The fourth-order valence-corrected chi connectivity index (χ4v) is 6.88. The van der Waals surface area contributed by atoms with Crippen molar-refractivity contribution in [3.05, 3.63) is 129 Å². The lowest BCUT2D eigenvalue weighted by Gasteiger charge is -2.39. The zero-order valence-corrected chi connectivity index (χ0v) is 31.4. The summed E-state index contributed by atoms with van der Waals surface area (Å²) < 4.78 is 62.5. The largest absolute Gasteiger partial charge is 0.497 e. The number of piperidine rings is 1. The normalized spacial score (nSPS) is 14.6. The predicted molar refractivity (Wildman–Crippen MR) is 203 cm³/mol. The lowest BCUT2D eigenvalue weighted by molar-refractivity contribution is -0.384. The van der Waals surface area contributed by atoms with Crippen molar-refractivity contribution in [1.82, 2.24) is 9.47 Å². The molecule has 1 aliphatic heterocycles. The Morgan fingerprint density at radius 1 is 0.912 bits per heavy atom. The Labute approximate surface area is 325 Å². The fraction of sp³-hybridized carbons (Fsp3) is 0.317. The number of nitro groups is 1. The summed E-state index contributed by atoms with van der Waals surface area (Å²) in [5.41, 5.74) is -2.12. The van der Waals surface area contributed by atoms with Crippen LogP contribution in [0.25, 0.3) is 10.9 Å². The zero-order valence-electron chi connectivity index (χ0n) is 31.4.